The van der Waals surface area contributed by atoms with Crippen molar-refractivity contribution in [3.8, 4) is 0 Å². The minimum absolute atomic E-state index is 0.104. The molecule has 1 fully saturated rings. The van der Waals surface area contributed by atoms with Crippen molar-refractivity contribution in [2.24, 2.45) is 0 Å². The van der Waals surface area contributed by atoms with Crippen molar-refractivity contribution >= 4 is 11.9 Å². The third kappa shape index (κ3) is 39.6. The molecule has 6 N–H and O–H groups in total. The fourth-order valence-electron chi connectivity index (χ4n) is 8.74. The van der Waals surface area contributed by atoms with E-state index >= 15 is 0 Å². The monoisotopic (exact) mass is 1060 g/mol. The first-order chi connectivity index (χ1) is 37.2. The van der Waals surface area contributed by atoms with Gasteiger partial charge in [-0.05, 0) is 83.5 Å². The number of amides is 1. The SMILES string of the molecule is CC/C=C/C=C/C=C\C=C/C=C/CCCCC(O)C(=O)NC(COC1OC(CO)C(O)C(O)C1OC(=O)CCCCCCCCCC/C=C\C/C=C\C/C=C\CCCCC)C(O)/C=C/CCCCCCCCCCCC. The van der Waals surface area contributed by atoms with Crippen molar-refractivity contribution in [2.45, 2.75) is 275 Å². The number of esters is 1. The van der Waals surface area contributed by atoms with Gasteiger partial charge >= 0.3 is 5.97 Å². The number of unbranched alkanes of at least 4 members (excludes halogenated alkanes) is 23. The highest BCUT2D eigenvalue weighted by molar-refractivity contribution is 5.80. The smallest absolute Gasteiger partial charge is 0.306 e. The van der Waals surface area contributed by atoms with Crippen molar-refractivity contribution in [3.05, 3.63) is 109 Å². The first kappa shape index (κ1) is 70.3. The molecule has 76 heavy (non-hydrogen) atoms. The second kappa shape index (κ2) is 52.0. The van der Waals surface area contributed by atoms with Crippen LogP contribution in [-0.2, 0) is 23.8 Å². The van der Waals surface area contributed by atoms with Gasteiger partial charge in [-0.2, -0.15) is 0 Å². The normalized spacial score (nSPS) is 19.9. The highest BCUT2D eigenvalue weighted by atomic mass is 16.7. The Morgan fingerprint density at radius 2 is 1.00 bits per heavy atom. The molecule has 1 aliphatic heterocycles. The van der Waals surface area contributed by atoms with E-state index in [-0.39, 0.29) is 19.4 Å². The first-order valence-corrected chi connectivity index (χ1v) is 30.2. The molecule has 0 spiro atoms. The molecule has 11 nitrogen and oxygen atoms in total. The van der Waals surface area contributed by atoms with E-state index in [0.29, 0.717) is 12.8 Å². The Balaban J connectivity index is 2.71. The summed E-state index contributed by atoms with van der Waals surface area (Å²) in [7, 11) is 0. The molecular formula is C65H109NO10. The van der Waals surface area contributed by atoms with Crippen LogP contribution in [0.2, 0.25) is 0 Å². The summed E-state index contributed by atoms with van der Waals surface area (Å²) < 4.78 is 17.6. The molecular weight excluding hydrogens is 955 g/mol. The number of carbonyl (C=O) groups is 2. The van der Waals surface area contributed by atoms with E-state index in [9.17, 15) is 35.1 Å². The highest BCUT2D eigenvalue weighted by Crippen LogP contribution is 2.26. The maximum atomic E-state index is 13.4. The van der Waals surface area contributed by atoms with Crippen molar-refractivity contribution in [3.63, 3.8) is 0 Å². The summed E-state index contributed by atoms with van der Waals surface area (Å²) in [5.41, 5.74) is 0. The quantitative estimate of drug-likeness (QED) is 0.0149. The van der Waals surface area contributed by atoms with Crippen LogP contribution in [0.25, 0.3) is 0 Å². The van der Waals surface area contributed by atoms with Crippen LogP contribution in [0.1, 0.15) is 226 Å². The van der Waals surface area contributed by atoms with Crippen LogP contribution in [0.4, 0.5) is 0 Å². The van der Waals surface area contributed by atoms with Crippen molar-refractivity contribution < 1.29 is 49.3 Å². The molecule has 0 saturated carbocycles. The number of aliphatic hydroxyl groups is 5. The van der Waals surface area contributed by atoms with Crippen LogP contribution >= 0.6 is 0 Å². The summed E-state index contributed by atoms with van der Waals surface area (Å²) in [5, 5.41) is 56.8. The number of allylic oxidation sites excluding steroid dienone is 17. The van der Waals surface area contributed by atoms with Crippen molar-refractivity contribution in [1.29, 1.82) is 0 Å². The summed E-state index contributed by atoms with van der Waals surface area (Å²) >= 11 is 0. The molecule has 1 saturated heterocycles. The molecule has 8 atom stereocenters. The maximum absolute atomic E-state index is 13.4. The van der Waals surface area contributed by atoms with E-state index in [0.717, 1.165) is 89.9 Å². The Hall–Kier alpha value is -3.68. The van der Waals surface area contributed by atoms with Gasteiger partial charge in [-0.25, -0.2) is 0 Å². The van der Waals surface area contributed by atoms with Gasteiger partial charge in [-0.1, -0.05) is 246 Å². The highest BCUT2D eigenvalue weighted by Gasteiger charge is 2.47. The lowest BCUT2D eigenvalue weighted by Gasteiger charge is -2.41. The fourth-order valence-corrected chi connectivity index (χ4v) is 8.74. The van der Waals surface area contributed by atoms with Crippen LogP contribution in [0, 0.1) is 0 Å². The summed E-state index contributed by atoms with van der Waals surface area (Å²) in [6.45, 7) is 5.57. The molecule has 1 amide bonds. The lowest BCUT2D eigenvalue weighted by molar-refractivity contribution is -0.305. The zero-order chi connectivity index (χ0) is 55.4. The van der Waals surface area contributed by atoms with Gasteiger partial charge in [0, 0.05) is 6.42 Å². The van der Waals surface area contributed by atoms with Crippen LogP contribution in [0.3, 0.4) is 0 Å². The number of aliphatic hydroxyl groups excluding tert-OH is 5. The number of hydrogen-bond donors (Lipinski definition) is 6. The molecule has 1 heterocycles. The maximum Gasteiger partial charge on any atom is 0.306 e. The zero-order valence-corrected chi connectivity index (χ0v) is 47.8. The van der Waals surface area contributed by atoms with Crippen LogP contribution < -0.4 is 5.32 Å². The first-order valence-electron chi connectivity index (χ1n) is 30.2. The topological polar surface area (TPSA) is 175 Å². The lowest BCUT2D eigenvalue weighted by atomic mass is 9.99. The van der Waals surface area contributed by atoms with Gasteiger partial charge in [0.2, 0.25) is 5.91 Å². The van der Waals surface area contributed by atoms with Gasteiger partial charge in [0.25, 0.3) is 0 Å². The van der Waals surface area contributed by atoms with E-state index in [1.54, 1.807) is 6.08 Å². The van der Waals surface area contributed by atoms with E-state index in [1.165, 1.54) is 89.9 Å². The largest absolute Gasteiger partial charge is 0.454 e. The molecule has 434 valence electrons. The Labute approximate surface area is 462 Å². The van der Waals surface area contributed by atoms with E-state index in [2.05, 4.69) is 68.6 Å². The number of nitrogens with one attached hydrogen (secondary N) is 1. The third-order valence-electron chi connectivity index (χ3n) is 13.5. The third-order valence-corrected chi connectivity index (χ3v) is 13.5. The summed E-state index contributed by atoms with van der Waals surface area (Å²) in [5.74, 6) is -1.25. The Kier molecular flexibility index (Phi) is 48.2. The molecule has 0 bridgehead atoms. The van der Waals surface area contributed by atoms with Crippen LogP contribution in [0.15, 0.2) is 109 Å². The van der Waals surface area contributed by atoms with Gasteiger partial charge in [0.05, 0.1) is 25.4 Å². The minimum atomic E-state index is -1.63. The van der Waals surface area contributed by atoms with Gasteiger partial charge in [0.1, 0.15) is 24.4 Å². The molecule has 1 rings (SSSR count). The van der Waals surface area contributed by atoms with E-state index in [4.69, 9.17) is 14.2 Å². The molecule has 0 aromatic heterocycles. The van der Waals surface area contributed by atoms with Gasteiger partial charge in [0.15, 0.2) is 12.4 Å². The zero-order valence-electron chi connectivity index (χ0n) is 47.8. The molecule has 0 aromatic carbocycles. The van der Waals surface area contributed by atoms with Gasteiger partial charge < -0.3 is 45.1 Å². The predicted octanol–water partition coefficient (Wildman–Crippen LogP) is 14.1. The molecule has 0 aliphatic carbocycles. The van der Waals surface area contributed by atoms with E-state index < -0.39 is 67.4 Å². The number of rotatable bonds is 49. The molecule has 11 heteroatoms. The van der Waals surface area contributed by atoms with Crippen LogP contribution in [-0.4, -0.2) is 99.6 Å². The fraction of sp³-hybridized carbons (Fsp3) is 0.692. The summed E-state index contributed by atoms with van der Waals surface area (Å²) in [4.78, 5) is 26.5. The Morgan fingerprint density at radius 1 is 0.539 bits per heavy atom. The predicted molar refractivity (Wildman–Crippen MR) is 315 cm³/mol. The average Bonchev–Trinajstić information content (AvgIpc) is 3.42. The second-order valence-corrected chi connectivity index (χ2v) is 20.5. The lowest BCUT2D eigenvalue weighted by Crippen LogP contribution is -2.61. The minimum Gasteiger partial charge on any atom is -0.454 e. The molecule has 0 aromatic rings. The van der Waals surface area contributed by atoms with Gasteiger partial charge in [-0.3, -0.25) is 9.59 Å². The average molecular weight is 1060 g/mol. The Morgan fingerprint density at radius 3 is 1.57 bits per heavy atom. The standard InChI is InChI=1S/C65H109NO10/c1-4-7-10-13-16-19-22-25-27-28-29-30-31-32-33-35-38-41-44-47-50-53-60(70)76-63-62(72)61(71)59(54-67)75-65(63)74-55-56(57(68)51-48-45-42-39-36-24-21-18-15-12-9-6-3)66-64(73)58(69)52-49-46-43-40-37-34-26-23-20-17-14-11-8-5-2/h8,11,14,16-17,19-20,23,25-27,29-30,34,37,40,48,51,56-59,61-63,65,67-69,71-72H,4-7,9-10,12-13,15,18,21-22,24,28,31-33,35-36,38-39,41-47,49-50,52-55H2,1-3H3,(H,66,73)/b11-8+,17-14+,19-16-,23-20-,27-25-,30-29-,34-26-,40-37+,51-48+. The summed E-state index contributed by atoms with van der Waals surface area (Å²) in [6, 6.07) is -1.05. The molecule has 8 unspecified atom stereocenters. The van der Waals surface area contributed by atoms with Crippen molar-refractivity contribution in [2.75, 3.05) is 13.2 Å². The van der Waals surface area contributed by atoms with Gasteiger partial charge in [-0.15, -0.1) is 0 Å². The van der Waals surface area contributed by atoms with Crippen molar-refractivity contribution in [1.82, 2.24) is 5.32 Å². The second-order valence-electron chi connectivity index (χ2n) is 20.5. The van der Waals surface area contributed by atoms with Crippen LogP contribution in [0.5, 0.6) is 0 Å². The number of ether oxygens (including phenoxy) is 3. The molecule has 1 aliphatic rings. The number of hydrogen-bond acceptors (Lipinski definition) is 10. The number of carbonyl (C=O) groups excluding carboxylic acids is 2. The summed E-state index contributed by atoms with van der Waals surface area (Å²) in [6.07, 6.45) is 59.8. The van der Waals surface area contributed by atoms with E-state index in [1.807, 2.05) is 60.8 Å². The Bertz CT molecular complexity index is 1650. The molecule has 0 radical (unpaired) electrons.